The van der Waals surface area contributed by atoms with Crippen molar-refractivity contribution in [2.24, 2.45) is 0 Å². The summed E-state index contributed by atoms with van der Waals surface area (Å²) in [6.45, 7) is 7.34. The maximum absolute atomic E-state index is 12.4. The van der Waals surface area contributed by atoms with Gasteiger partial charge in [0.25, 0.3) is 5.91 Å². The maximum Gasteiger partial charge on any atom is 0.337 e. The van der Waals surface area contributed by atoms with Crippen molar-refractivity contribution in [2.75, 3.05) is 10.2 Å². The van der Waals surface area contributed by atoms with Crippen molar-refractivity contribution in [3.8, 4) is 0 Å². The molecule has 5 nitrogen and oxygen atoms in total. The number of carbonyl (C=O) groups excluding carboxylic acids is 1. The van der Waals surface area contributed by atoms with Crippen molar-refractivity contribution in [1.29, 1.82) is 0 Å². The molecular formula is C14H18N2O3. The van der Waals surface area contributed by atoms with E-state index < -0.39 is 11.5 Å². The molecular weight excluding hydrogens is 244 g/mol. The molecule has 1 amide bonds. The van der Waals surface area contributed by atoms with Crippen LogP contribution < -0.4 is 10.2 Å². The van der Waals surface area contributed by atoms with Gasteiger partial charge >= 0.3 is 5.97 Å². The molecule has 1 aromatic carbocycles. The van der Waals surface area contributed by atoms with Crippen LogP contribution in [0.3, 0.4) is 0 Å². The summed E-state index contributed by atoms with van der Waals surface area (Å²) in [4.78, 5) is 25.4. The summed E-state index contributed by atoms with van der Waals surface area (Å²) in [5, 5.41) is 12.3. The molecule has 0 saturated heterocycles. The third-order valence-electron chi connectivity index (χ3n) is 3.24. The first kappa shape index (κ1) is 13.4. The minimum absolute atomic E-state index is 0.0309. The van der Waals surface area contributed by atoms with Crippen LogP contribution in [0.1, 0.15) is 38.1 Å². The number of nitrogens with one attached hydrogen (secondary N) is 1. The van der Waals surface area contributed by atoms with Gasteiger partial charge in [-0.15, -0.1) is 0 Å². The lowest BCUT2D eigenvalue weighted by Gasteiger charge is -2.42. The Labute approximate surface area is 112 Å². The van der Waals surface area contributed by atoms with E-state index in [-0.39, 0.29) is 17.5 Å². The molecule has 0 radical (unpaired) electrons. The molecule has 102 valence electrons. The summed E-state index contributed by atoms with van der Waals surface area (Å²) in [5.74, 6) is -1.06. The summed E-state index contributed by atoms with van der Waals surface area (Å²) in [6.07, 6.45) is 0. The number of nitrogens with zero attached hydrogens (tertiary/aromatic N) is 1. The van der Waals surface area contributed by atoms with Gasteiger partial charge in [-0.25, -0.2) is 4.79 Å². The molecule has 1 aromatic rings. The van der Waals surface area contributed by atoms with Gasteiger partial charge in [-0.1, -0.05) is 6.07 Å². The first-order valence-corrected chi connectivity index (χ1v) is 6.24. The number of aromatic carboxylic acids is 1. The van der Waals surface area contributed by atoms with Gasteiger partial charge in [0.05, 0.1) is 16.9 Å². The van der Waals surface area contributed by atoms with E-state index in [1.54, 1.807) is 36.9 Å². The molecule has 5 heteroatoms. The van der Waals surface area contributed by atoms with Crippen molar-refractivity contribution in [3.63, 3.8) is 0 Å². The Balaban J connectivity index is 2.68. The molecule has 1 aliphatic rings. The van der Waals surface area contributed by atoms with E-state index in [0.717, 1.165) is 0 Å². The maximum atomic E-state index is 12.4. The van der Waals surface area contributed by atoms with Gasteiger partial charge < -0.3 is 15.3 Å². The molecule has 0 atom stereocenters. The Morgan fingerprint density at radius 2 is 2.00 bits per heavy atom. The first-order valence-electron chi connectivity index (χ1n) is 6.24. The molecule has 2 rings (SSSR count). The first-order chi connectivity index (χ1) is 8.75. The lowest BCUT2D eigenvalue weighted by molar-refractivity contribution is -0.122. The fourth-order valence-electron chi connectivity index (χ4n) is 2.34. The molecule has 0 aromatic heterocycles. The number of hydrogen-bond donors (Lipinski definition) is 2. The number of anilines is 2. The number of carboxylic acid groups (broad SMARTS) is 1. The monoisotopic (exact) mass is 262 g/mol. The van der Waals surface area contributed by atoms with Crippen LogP contribution in [0.4, 0.5) is 11.4 Å². The summed E-state index contributed by atoms with van der Waals surface area (Å²) in [7, 11) is 0. The van der Waals surface area contributed by atoms with Crippen LogP contribution in [0.15, 0.2) is 18.2 Å². The molecule has 0 aliphatic carbocycles. The molecule has 0 fully saturated rings. The highest BCUT2D eigenvalue weighted by atomic mass is 16.4. The highest BCUT2D eigenvalue weighted by Crippen LogP contribution is 2.38. The molecule has 0 spiro atoms. The lowest BCUT2D eigenvalue weighted by Crippen LogP contribution is -2.56. The summed E-state index contributed by atoms with van der Waals surface area (Å²) in [6, 6.07) is 4.93. The van der Waals surface area contributed by atoms with Crippen molar-refractivity contribution < 1.29 is 14.7 Å². The second-order valence-electron chi connectivity index (χ2n) is 5.52. The van der Waals surface area contributed by atoms with E-state index in [9.17, 15) is 14.7 Å². The minimum Gasteiger partial charge on any atom is -0.478 e. The fraction of sp³-hybridized carbons (Fsp3) is 0.429. The van der Waals surface area contributed by atoms with Gasteiger partial charge in [0.15, 0.2) is 0 Å². The van der Waals surface area contributed by atoms with Crippen LogP contribution in [0.2, 0.25) is 0 Å². The predicted octanol–water partition coefficient (Wildman–Crippen LogP) is 2.33. The zero-order valence-corrected chi connectivity index (χ0v) is 11.5. The van der Waals surface area contributed by atoms with Crippen LogP contribution >= 0.6 is 0 Å². The van der Waals surface area contributed by atoms with E-state index in [1.165, 1.54) is 0 Å². The third kappa shape index (κ3) is 2.05. The van der Waals surface area contributed by atoms with Gasteiger partial charge in [0.2, 0.25) is 0 Å². The summed E-state index contributed by atoms with van der Waals surface area (Å²) in [5.41, 5.74) is 0.499. The topological polar surface area (TPSA) is 69.6 Å². The zero-order chi connectivity index (χ0) is 14.4. The van der Waals surface area contributed by atoms with E-state index in [1.807, 2.05) is 13.8 Å². The Morgan fingerprint density at radius 1 is 1.37 bits per heavy atom. The van der Waals surface area contributed by atoms with Gasteiger partial charge in [0, 0.05) is 6.04 Å². The Morgan fingerprint density at radius 3 is 2.53 bits per heavy atom. The fourth-order valence-corrected chi connectivity index (χ4v) is 2.34. The van der Waals surface area contributed by atoms with Crippen molar-refractivity contribution in [3.05, 3.63) is 23.8 Å². The second-order valence-corrected chi connectivity index (χ2v) is 5.52. The number of hydrogen-bond acceptors (Lipinski definition) is 3. The minimum atomic E-state index is -1.00. The average Bonchev–Trinajstić information content (AvgIpc) is 2.28. The van der Waals surface area contributed by atoms with Gasteiger partial charge in [-0.3, -0.25) is 4.79 Å². The molecule has 0 unspecified atom stereocenters. The third-order valence-corrected chi connectivity index (χ3v) is 3.24. The van der Waals surface area contributed by atoms with E-state index in [4.69, 9.17) is 0 Å². The Bertz CT molecular complexity index is 550. The standard InChI is InChI=1S/C14H18N2O3/c1-8(2)16-10-7-5-6-9(12(17)18)11(10)15-14(3,4)13(16)19/h5-8,15H,1-4H3,(H,17,18). The SMILES string of the molecule is CC(C)N1C(=O)C(C)(C)Nc2c(C(=O)O)cccc21. The van der Waals surface area contributed by atoms with Gasteiger partial charge in [-0.05, 0) is 39.8 Å². The second kappa shape index (κ2) is 4.26. The van der Waals surface area contributed by atoms with E-state index in [0.29, 0.717) is 11.4 Å². The van der Waals surface area contributed by atoms with Crippen LogP contribution in [0, 0.1) is 0 Å². The molecule has 1 heterocycles. The average molecular weight is 262 g/mol. The predicted molar refractivity (Wildman–Crippen MR) is 73.7 cm³/mol. The van der Waals surface area contributed by atoms with Crippen molar-refractivity contribution in [2.45, 2.75) is 39.3 Å². The number of rotatable bonds is 2. The van der Waals surface area contributed by atoms with Crippen LogP contribution in [0.25, 0.3) is 0 Å². The van der Waals surface area contributed by atoms with Gasteiger partial charge in [-0.2, -0.15) is 0 Å². The van der Waals surface area contributed by atoms with E-state index >= 15 is 0 Å². The van der Waals surface area contributed by atoms with Crippen LogP contribution in [-0.2, 0) is 4.79 Å². The number of amides is 1. The van der Waals surface area contributed by atoms with Crippen molar-refractivity contribution in [1.82, 2.24) is 0 Å². The number of benzene rings is 1. The normalized spacial score (nSPS) is 17.1. The number of fused-ring (bicyclic) bond motifs is 1. The molecule has 1 aliphatic heterocycles. The number of carboxylic acids is 1. The van der Waals surface area contributed by atoms with Crippen molar-refractivity contribution >= 4 is 23.3 Å². The van der Waals surface area contributed by atoms with E-state index in [2.05, 4.69) is 5.32 Å². The van der Waals surface area contributed by atoms with Crippen LogP contribution in [0.5, 0.6) is 0 Å². The molecule has 0 saturated carbocycles. The smallest absolute Gasteiger partial charge is 0.337 e. The summed E-state index contributed by atoms with van der Waals surface area (Å²) >= 11 is 0. The highest BCUT2D eigenvalue weighted by Gasteiger charge is 2.41. The summed E-state index contributed by atoms with van der Waals surface area (Å²) < 4.78 is 0. The highest BCUT2D eigenvalue weighted by molar-refractivity contribution is 6.11. The Kier molecular flexibility index (Phi) is 3.00. The quantitative estimate of drug-likeness (QED) is 0.858. The molecule has 19 heavy (non-hydrogen) atoms. The number of para-hydroxylation sites is 1. The molecule has 2 N–H and O–H groups in total. The molecule has 0 bridgehead atoms. The van der Waals surface area contributed by atoms with Gasteiger partial charge in [0.1, 0.15) is 5.54 Å². The number of carbonyl (C=O) groups is 2. The van der Waals surface area contributed by atoms with Crippen LogP contribution in [-0.4, -0.2) is 28.6 Å². The lowest BCUT2D eigenvalue weighted by atomic mass is 9.95. The zero-order valence-electron chi connectivity index (χ0n) is 11.5. The Hall–Kier alpha value is -2.04. The largest absolute Gasteiger partial charge is 0.478 e.